The molecule has 1 N–H and O–H groups in total. The number of nitrogens with one attached hydrogen (secondary N) is 1. The fourth-order valence-corrected chi connectivity index (χ4v) is 3.34. The predicted molar refractivity (Wildman–Crippen MR) is 92.1 cm³/mol. The second kappa shape index (κ2) is 8.25. The fraction of sp³-hybridized carbons (Fsp3) is 0.824. The minimum atomic E-state index is 0.145. The molecular formula is C17H29N5O3. The Labute approximate surface area is 148 Å². The van der Waals surface area contributed by atoms with E-state index in [1.807, 2.05) is 18.7 Å². The van der Waals surface area contributed by atoms with Crippen molar-refractivity contribution >= 4 is 5.91 Å². The maximum atomic E-state index is 12.5. The Balaban J connectivity index is 1.46. The van der Waals surface area contributed by atoms with Crippen LogP contribution in [-0.2, 0) is 16.1 Å². The van der Waals surface area contributed by atoms with Crippen molar-refractivity contribution in [3.05, 3.63) is 11.7 Å². The van der Waals surface area contributed by atoms with Gasteiger partial charge in [0.05, 0.1) is 19.8 Å². The summed E-state index contributed by atoms with van der Waals surface area (Å²) in [5.41, 5.74) is 0. The zero-order chi connectivity index (χ0) is 17.8. The highest BCUT2D eigenvalue weighted by Gasteiger charge is 2.30. The molecule has 2 aliphatic heterocycles. The first-order chi connectivity index (χ1) is 12.0. The Hall–Kier alpha value is -1.51. The van der Waals surface area contributed by atoms with E-state index in [9.17, 15) is 4.79 Å². The molecule has 2 saturated heterocycles. The highest BCUT2D eigenvalue weighted by molar-refractivity contribution is 5.77. The van der Waals surface area contributed by atoms with Crippen LogP contribution in [0.15, 0.2) is 4.52 Å². The molecule has 25 heavy (non-hydrogen) atoms. The van der Waals surface area contributed by atoms with Gasteiger partial charge in [-0.25, -0.2) is 0 Å². The Bertz CT molecular complexity index is 570. The number of aromatic nitrogens is 2. The van der Waals surface area contributed by atoms with Crippen molar-refractivity contribution in [2.75, 3.05) is 39.9 Å². The molecule has 0 spiro atoms. The lowest BCUT2D eigenvalue weighted by Gasteiger charge is -2.26. The summed E-state index contributed by atoms with van der Waals surface area (Å²) >= 11 is 0. The van der Waals surface area contributed by atoms with Gasteiger partial charge in [0.2, 0.25) is 11.8 Å². The van der Waals surface area contributed by atoms with Crippen LogP contribution < -0.4 is 5.32 Å². The van der Waals surface area contributed by atoms with E-state index >= 15 is 0 Å². The summed E-state index contributed by atoms with van der Waals surface area (Å²) in [6.07, 6.45) is 1.49. The molecule has 2 fully saturated rings. The first-order valence-corrected chi connectivity index (χ1v) is 9.14. The van der Waals surface area contributed by atoms with Crippen molar-refractivity contribution in [1.29, 1.82) is 0 Å². The van der Waals surface area contributed by atoms with Gasteiger partial charge in [0.15, 0.2) is 5.82 Å². The molecule has 0 bridgehead atoms. The second-order valence-corrected chi connectivity index (χ2v) is 7.33. The van der Waals surface area contributed by atoms with Gasteiger partial charge in [-0.15, -0.1) is 0 Å². The van der Waals surface area contributed by atoms with Crippen LogP contribution in [0, 0.1) is 0 Å². The van der Waals surface area contributed by atoms with Crippen LogP contribution in [0.2, 0.25) is 0 Å². The average Bonchev–Trinajstić information content (AvgIpc) is 3.25. The Morgan fingerprint density at radius 1 is 1.48 bits per heavy atom. The molecule has 140 valence electrons. The van der Waals surface area contributed by atoms with E-state index in [0.29, 0.717) is 37.3 Å². The second-order valence-electron chi connectivity index (χ2n) is 7.33. The van der Waals surface area contributed by atoms with Gasteiger partial charge in [0.25, 0.3) is 0 Å². The number of nitrogens with zero attached hydrogens (tertiary/aromatic N) is 4. The molecule has 1 aromatic rings. The largest absolute Gasteiger partial charge is 0.378 e. The Morgan fingerprint density at radius 3 is 3.00 bits per heavy atom. The van der Waals surface area contributed by atoms with E-state index in [1.54, 1.807) is 0 Å². The molecule has 0 aliphatic carbocycles. The monoisotopic (exact) mass is 351 g/mol. The van der Waals surface area contributed by atoms with Crippen LogP contribution in [0.4, 0.5) is 0 Å². The SMILES string of the molecule is CC(C)c1nc(CN(C)C2CCN(C(=O)CC3COCCN3)C2)no1. The van der Waals surface area contributed by atoms with Gasteiger partial charge in [0, 0.05) is 44.1 Å². The van der Waals surface area contributed by atoms with E-state index in [4.69, 9.17) is 9.26 Å². The van der Waals surface area contributed by atoms with Crippen molar-refractivity contribution in [2.24, 2.45) is 0 Å². The van der Waals surface area contributed by atoms with Gasteiger partial charge in [-0.2, -0.15) is 4.98 Å². The van der Waals surface area contributed by atoms with Crippen molar-refractivity contribution in [3.8, 4) is 0 Å². The maximum Gasteiger partial charge on any atom is 0.229 e. The average molecular weight is 351 g/mol. The summed E-state index contributed by atoms with van der Waals surface area (Å²) in [4.78, 5) is 21.1. The zero-order valence-corrected chi connectivity index (χ0v) is 15.4. The van der Waals surface area contributed by atoms with E-state index in [-0.39, 0.29) is 17.9 Å². The summed E-state index contributed by atoms with van der Waals surface area (Å²) in [5, 5.41) is 7.39. The van der Waals surface area contributed by atoms with Crippen LogP contribution in [0.25, 0.3) is 0 Å². The lowest BCUT2D eigenvalue weighted by molar-refractivity contribution is -0.131. The van der Waals surface area contributed by atoms with Gasteiger partial charge in [-0.1, -0.05) is 19.0 Å². The normalized spacial score (nSPS) is 24.4. The number of morpholine rings is 1. The van der Waals surface area contributed by atoms with Crippen molar-refractivity contribution < 1.29 is 14.1 Å². The number of rotatable bonds is 6. The highest BCUT2D eigenvalue weighted by atomic mass is 16.5. The number of hydrogen-bond acceptors (Lipinski definition) is 7. The third-order valence-corrected chi connectivity index (χ3v) is 4.93. The summed E-state index contributed by atoms with van der Waals surface area (Å²) in [6, 6.07) is 0.479. The minimum Gasteiger partial charge on any atom is -0.378 e. The molecule has 2 atom stereocenters. The molecule has 3 rings (SSSR count). The number of likely N-dealkylation sites (N-methyl/N-ethyl adjacent to an activating group) is 1. The highest BCUT2D eigenvalue weighted by Crippen LogP contribution is 2.18. The number of carbonyl (C=O) groups is 1. The molecular weight excluding hydrogens is 322 g/mol. The molecule has 0 aromatic carbocycles. The molecule has 2 unspecified atom stereocenters. The third kappa shape index (κ3) is 4.77. The van der Waals surface area contributed by atoms with Crippen LogP contribution in [0.3, 0.4) is 0 Å². The molecule has 0 saturated carbocycles. The number of likely N-dealkylation sites (tertiary alicyclic amines) is 1. The van der Waals surface area contributed by atoms with E-state index < -0.39 is 0 Å². The quantitative estimate of drug-likeness (QED) is 0.803. The van der Waals surface area contributed by atoms with Crippen LogP contribution >= 0.6 is 0 Å². The van der Waals surface area contributed by atoms with Crippen LogP contribution in [0.5, 0.6) is 0 Å². The number of carbonyl (C=O) groups excluding carboxylic acids is 1. The minimum absolute atomic E-state index is 0.145. The molecule has 8 nitrogen and oxygen atoms in total. The number of hydrogen-bond donors (Lipinski definition) is 1. The molecule has 0 radical (unpaired) electrons. The van der Waals surface area contributed by atoms with Crippen molar-refractivity contribution in [2.45, 2.75) is 51.2 Å². The van der Waals surface area contributed by atoms with Gasteiger partial charge in [-0.3, -0.25) is 9.69 Å². The van der Waals surface area contributed by atoms with E-state index in [1.165, 1.54) is 0 Å². The van der Waals surface area contributed by atoms with Crippen molar-refractivity contribution in [3.63, 3.8) is 0 Å². The van der Waals surface area contributed by atoms with Gasteiger partial charge >= 0.3 is 0 Å². The van der Waals surface area contributed by atoms with Gasteiger partial charge in [0.1, 0.15) is 0 Å². The first-order valence-electron chi connectivity index (χ1n) is 9.14. The summed E-state index contributed by atoms with van der Waals surface area (Å²) in [7, 11) is 2.06. The lowest BCUT2D eigenvalue weighted by atomic mass is 10.2. The van der Waals surface area contributed by atoms with Gasteiger partial charge in [-0.05, 0) is 13.5 Å². The molecule has 1 amide bonds. The topological polar surface area (TPSA) is 83.7 Å². The first kappa shape index (κ1) is 18.3. The fourth-order valence-electron chi connectivity index (χ4n) is 3.34. The summed E-state index contributed by atoms with van der Waals surface area (Å²) < 4.78 is 10.7. The van der Waals surface area contributed by atoms with E-state index in [2.05, 4.69) is 27.4 Å². The number of ether oxygens (including phenoxy) is 1. The molecule has 8 heteroatoms. The molecule has 2 aliphatic rings. The summed E-state index contributed by atoms with van der Waals surface area (Å²) in [5.74, 6) is 1.83. The smallest absolute Gasteiger partial charge is 0.229 e. The predicted octanol–water partition coefficient (Wildman–Crippen LogP) is 0.604. The number of amides is 1. The zero-order valence-electron chi connectivity index (χ0n) is 15.4. The lowest BCUT2D eigenvalue weighted by Crippen LogP contribution is -2.45. The Morgan fingerprint density at radius 2 is 2.32 bits per heavy atom. The molecule has 3 heterocycles. The van der Waals surface area contributed by atoms with Crippen LogP contribution in [0.1, 0.15) is 44.3 Å². The van der Waals surface area contributed by atoms with Gasteiger partial charge < -0.3 is 19.5 Å². The van der Waals surface area contributed by atoms with E-state index in [0.717, 1.165) is 32.7 Å². The van der Waals surface area contributed by atoms with Crippen molar-refractivity contribution in [1.82, 2.24) is 25.3 Å². The molecule has 1 aromatic heterocycles. The third-order valence-electron chi connectivity index (χ3n) is 4.93. The standard InChI is InChI=1S/C17H29N5O3/c1-12(2)17-19-15(20-25-17)10-21(3)14-4-6-22(9-14)16(23)8-13-11-24-7-5-18-13/h12-14,18H,4-11H2,1-3H3. The Kier molecular flexibility index (Phi) is 6.03. The van der Waals surface area contributed by atoms with Crippen LogP contribution in [-0.4, -0.2) is 77.8 Å². The maximum absolute atomic E-state index is 12.5. The summed E-state index contributed by atoms with van der Waals surface area (Å²) in [6.45, 7) is 8.46.